The van der Waals surface area contributed by atoms with Crippen molar-refractivity contribution in [3.63, 3.8) is 0 Å². The molecule has 2 heterocycles. The molecule has 1 atom stereocenters. The summed E-state index contributed by atoms with van der Waals surface area (Å²) in [5.74, 6) is -0.716. The zero-order chi connectivity index (χ0) is 15.8. The van der Waals surface area contributed by atoms with Crippen LogP contribution in [0.2, 0.25) is 0 Å². The van der Waals surface area contributed by atoms with Crippen LogP contribution in [0.25, 0.3) is 0 Å². The molecule has 0 aromatic heterocycles. The Hall–Kier alpha value is -1.30. The maximum Gasteiger partial charge on any atom is 0.320 e. The van der Waals surface area contributed by atoms with E-state index in [1.807, 2.05) is 18.7 Å². The molecule has 1 unspecified atom stereocenters. The minimum absolute atomic E-state index is 0.0446. The largest absolute Gasteiger partial charge is 0.481 e. The van der Waals surface area contributed by atoms with Crippen molar-refractivity contribution >= 4 is 12.0 Å². The van der Waals surface area contributed by atoms with Crippen LogP contribution in [0.4, 0.5) is 4.79 Å². The SMILES string of the molecule is CC(C)(CC12CC(N3CC4CNCCN4C3=O)(C1)C2)C(=O)O. The summed E-state index contributed by atoms with van der Waals surface area (Å²) in [4.78, 5) is 28.1. The molecule has 2 aliphatic heterocycles. The normalized spacial score (nSPS) is 40.1. The van der Waals surface area contributed by atoms with Crippen molar-refractivity contribution in [2.24, 2.45) is 10.8 Å². The molecule has 6 nitrogen and oxygen atoms in total. The van der Waals surface area contributed by atoms with Crippen LogP contribution in [0.15, 0.2) is 0 Å². The van der Waals surface area contributed by atoms with Gasteiger partial charge in [-0.3, -0.25) is 4.79 Å². The van der Waals surface area contributed by atoms with Gasteiger partial charge in [-0.1, -0.05) is 0 Å². The van der Waals surface area contributed by atoms with Crippen LogP contribution < -0.4 is 5.32 Å². The molecule has 6 heteroatoms. The molecule has 0 radical (unpaired) electrons. The highest BCUT2D eigenvalue weighted by atomic mass is 16.4. The molecule has 22 heavy (non-hydrogen) atoms. The number of hydrogen-bond donors (Lipinski definition) is 2. The van der Waals surface area contributed by atoms with E-state index in [2.05, 4.69) is 10.2 Å². The number of amides is 2. The highest BCUT2D eigenvalue weighted by Crippen LogP contribution is 2.73. The molecule has 2 bridgehead atoms. The van der Waals surface area contributed by atoms with Gasteiger partial charge in [0.1, 0.15) is 0 Å². The number of carbonyl (C=O) groups is 2. The monoisotopic (exact) mass is 307 g/mol. The third kappa shape index (κ3) is 1.76. The second-order valence-corrected chi connectivity index (χ2v) is 8.57. The summed E-state index contributed by atoms with van der Waals surface area (Å²) in [5.41, 5.74) is -0.449. The number of fused-ring (bicyclic) bond motifs is 1. The van der Waals surface area contributed by atoms with Crippen molar-refractivity contribution in [2.75, 3.05) is 26.2 Å². The maximum absolute atomic E-state index is 12.6. The number of carboxylic acid groups (broad SMARTS) is 1. The summed E-state index contributed by atoms with van der Waals surface area (Å²) in [6.07, 6.45) is 3.72. The number of nitrogens with one attached hydrogen (secondary N) is 1. The zero-order valence-corrected chi connectivity index (χ0v) is 13.4. The van der Waals surface area contributed by atoms with Crippen LogP contribution in [-0.4, -0.2) is 64.7 Å². The Morgan fingerprint density at radius 3 is 2.68 bits per heavy atom. The standard InChI is InChI=1S/C16H25N3O3/c1-14(2,12(20)21)7-15-8-16(9-15,10-15)19-6-11-5-17-3-4-18(11)13(19)22/h11,17H,3-10H2,1-2H3,(H,20,21). The average molecular weight is 307 g/mol. The maximum atomic E-state index is 12.6. The first-order chi connectivity index (χ1) is 10.3. The summed E-state index contributed by atoms with van der Waals surface area (Å²) in [7, 11) is 0. The van der Waals surface area contributed by atoms with Crippen LogP contribution in [0.1, 0.15) is 39.5 Å². The Labute approximate surface area is 130 Å². The fourth-order valence-corrected chi connectivity index (χ4v) is 5.44. The number of urea groups is 1. The predicted octanol–water partition coefficient (Wildman–Crippen LogP) is 1.12. The molecule has 2 N–H and O–H groups in total. The lowest BCUT2D eigenvalue weighted by atomic mass is 9.36. The van der Waals surface area contributed by atoms with Gasteiger partial charge in [-0.05, 0) is 44.9 Å². The van der Waals surface area contributed by atoms with Gasteiger partial charge in [-0.25, -0.2) is 4.79 Å². The van der Waals surface area contributed by atoms with Crippen LogP contribution in [0, 0.1) is 10.8 Å². The Morgan fingerprint density at radius 1 is 1.41 bits per heavy atom. The molecule has 3 aliphatic carbocycles. The van der Waals surface area contributed by atoms with Gasteiger partial charge in [0.05, 0.1) is 11.5 Å². The van der Waals surface area contributed by atoms with E-state index in [1.165, 1.54) is 0 Å². The number of aliphatic carboxylic acids is 1. The smallest absolute Gasteiger partial charge is 0.320 e. The van der Waals surface area contributed by atoms with Gasteiger partial charge >= 0.3 is 12.0 Å². The molecule has 2 saturated heterocycles. The van der Waals surface area contributed by atoms with Gasteiger partial charge in [-0.2, -0.15) is 0 Å². The molecule has 5 rings (SSSR count). The summed E-state index contributed by atoms with van der Waals surface area (Å²) < 4.78 is 0. The Morgan fingerprint density at radius 2 is 2.09 bits per heavy atom. The van der Waals surface area contributed by atoms with Crippen LogP contribution in [0.3, 0.4) is 0 Å². The first kappa shape index (κ1) is 14.3. The van der Waals surface area contributed by atoms with E-state index in [0.717, 1.165) is 51.9 Å². The molecule has 2 amide bonds. The molecular formula is C16H25N3O3. The van der Waals surface area contributed by atoms with Crippen molar-refractivity contribution in [2.45, 2.75) is 51.1 Å². The van der Waals surface area contributed by atoms with Gasteiger partial charge in [0.25, 0.3) is 0 Å². The molecule has 0 spiro atoms. The van der Waals surface area contributed by atoms with E-state index in [4.69, 9.17) is 0 Å². The van der Waals surface area contributed by atoms with Crippen LogP contribution >= 0.6 is 0 Å². The van der Waals surface area contributed by atoms with Gasteiger partial charge in [-0.15, -0.1) is 0 Å². The van der Waals surface area contributed by atoms with Crippen molar-refractivity contribution in [1.29, 1.82) is 0 Å². The molecule has 0 aromatic rings. The number of rotatable bonds is 4. The van der Waals surface area contributed by atoms with Crippen molar-refractivity contribution in [1.82, 2.24) is 15.1 Å². The number of nitrogens with zero attached hydrogens (tertiary/aromatic N) is 2. The summed E-state index contributed by atoms with van der Waals surface area (Å²) in [5, 5.41) is 12.7. The van der Waals surface area contributed by atoms with E-state index in [0.29, 0.717) is 6.04 Å². The summed E-state index contributed by atoms with van der Waals surface area (Å²) in [6.45, 7) is 7.07. The quantitative estimate of drug-likeness (QED) is 0.816. The van der Waals surface area contributed by atoms with E-state index < -0.39 is 11.4 Å². The topological polar surface area (TPSA) is 72.9 Å². The Kier molecular flexibility index (Phi) is 2.70. The van der Waals surface area contributed by atoms with Crippen molar-refractivity contribution in [3.8, 4) is 0 Å². The second-order valence-electron chi connectivity index (χ2n) is 8.57. The Balaban J connectivity index is 1.42. The minimum Gasteiger partial charge on any atom is -0.481 e. The van der Waals surface area contributed by atoms with E-state index >= 15 is 0 Å². The van der Waals surface area contributed by atoms with Crippen LogP contribution in [0.5, 0.6) is 0 Å². The number of piperazine rings is 1. The molecule has 122 valence electrons. The number of carboxylic acids is 1. The van der Waals surface area contributed by atoms with Crippen molar-refractivity contribution in [3.05, 3.63) is 0 Å². The predicted molar refractivity (Wildman–Crippen MR) is 80.5 cm³/mol. The van der Waals surface area contributed by atoms with Crippen molar-refractivity contribution < 1.29 is 14.7 Å². The zero-order valence-electron chi connectivity index (χ0n) is 13.4. The van der Waals surface area contributed by atoms with Gasteiger partial charge in [0, 0.05) is 31.7 Å². The van der Waals surface area contributed by atoms with E-state index in [1.54, 1.807) is 0 Å². The fourth-order valence-electron chi connectivity index (χ4n) is 5.44. The lowest BCUT2D eigenvalue weighted by Crippen LogP contribution is -2.75. The average Bonchev–Trinajstić information content (AvgIpc) is 2.70. The molecule has 0 aromatic carbocycles. The Bertz CT molecular complexity index is 525. The summed E-state index contributed by atoms with van der Waals surface area (Å²) in [6, 6.07) is 0.527. The highest BCUT2D eigenvalue weighted by molar-refractivity contribution is 5.79. The molecule has 5 fully saturated rings. The lowest BCUT2D eigenvalue weighted by Gasteiger charge is -2.74. The number of hydrogen-bond acceptors (Lipinski definition) is 3. The third-order valence-corrected chi connectivity index (χ3v) is 6.30. The number of carbonyl (C=O) groups excluding carboxylic acids is 1. The lowest BCUT2D eigenvalue weighted by molar-refractivity contribution is -0.218. The van der Waals surface area contributed by atoms with Gasteiger partial charge < -0.3 is 20.2 Å². The molecule has 5 aliphatic rings. The highest BCUT2D eigenvalue weighted by Gasteiger charge is 2.73. The fraction of sp³-hybridized carbons (Fsp3) is 0.875. The third-order valence-electron chi connectivity index (χ3n) is 6.30. The van der Waals surface area contributed by atoms with Gasteiger partial charge in [0.15, 0.2) is 0 Å². The van der Waals surface area contributed by atoms with Gasteiger partial charge in [0.2, 0.25) is 0 Å². The molecular weight excluding hydrogens is 282 g/mol. The van der Waals surface area contributed by atoms with E-state index in [-0.39, 0.29) is 17.0 Å². The van der Waals surface area contributed by atoms with E-state index in [9.17, 15) is 14.7 Å². The minimum atomic E-state index is -0.716. The first-order valence-corrected chi connectivity index (χ1v) is 8.30. The second kappa shape index (κ2) is 4.16. The first-order valence-electron chi connectivity index (χ1n) is 8.30. The molecule has 3 saturated carbocycles. The summed E-state index contributed by atoms with van der Waals surface area (Å²) >= 11 is 0. The van der Waals surface area contributed by atoms with Crippen LogP contribution in [-0.2, 0) is 4.79 Å².